The van der Waals surface area contributed by atoms with Gasteiger partial charge in [0, 0.05) is 24.7 Å². The molecule has 0 aromatic heterocycles. The number of benzene rings is 1. The fourth-order valence-corrected chi connectivity index (χ4v) is 2.32. The Hall–Kier alpha value is -1.47. The highest BCUT2D eigenvalue weighted by molar-refractivity contribution is 5.97. The highest BCUT2D eigenvalue weighted by atomic mass is 19.4. The number of alkyl halides is 3. The summed E-state index contributed by atoms with van der Waals surface area (Å²) in [6.07, 6.45) is -3.21. The molecule has 0 bridgehead atoms. The molecule has 0 radical (unpaired) electrons. The molecule has 116 valence electrons. The summed E-state index contributed by atoms with van der Waals surface area (Å²) in [4.78, 5) is 13.9. The SMILES string of the molecule is NC1CCN(CC(=O)c2ccc(C(F)(F)F)c(F)c2)CC1. The van der Waals surface area contributed by atoms with Crippen molar-refractivity contribution in [3.8, 4) is 0 Å². The predicted octanol–water partition coefficient (Wildman–Crippen LogP) is 2.45. The third-order valence-corrected chi connectivity index (χ3v) is 3.60. The number of hydrogen-bond acceptors (Lipinski definition) is 3. The molecule has 1 heterocycles. The first-order chi connectivity index (χ1) is 9.77. The number of ketones is 1. The van der Waals surface area contributed by atoms with E-state index in [1.54, 1.807) is 0 Å². The number of piperidine rings is 1. The van der Waals surface area contributed by atoms with E-state index in [4.69, 9.17) is 5.73 Å². The molecule has 1 aliphatic heterocycles. The van der Waals surface area contributed by atoms with Crippen LogP contribution in [0.4, 0.5) is 17.6 Å². The predicted molar refractivity (Wildman–Crippen MR) is 69.4 cm³/mol. The van der Waals surface area contributed by atoms with Gasteiger partial charge in [0.1, 0.15) is 5.82 Å². The van der Waals surface area contributed by atoms with Crippen LogP contribution in [-0.4, -0.2) is 36.4 Å². The lowest BCUT2D eigenvalue weighted by Gasteiger charge is -2.29. The van der Waals surface area contributed by atoms with Crippen molar-refractivity contribution in [2.75, 3.05) is 19.6 Å². The lowest BCUT2D eigenvalue weighted by molar-refractivity contribution is -0.140. The average Bonchev–Trinajstić information content (AvgIpc) is 2.39. The van der Waals surface area contributed by atoms with Crippen molar-refractivity contribution >= 4 is 5.78 Å². The Morgan fingerprint density at radius 1 is 1.29 bits per heavy atom. The zero-order valence-electron chi connectivity index (χ0n) is 11.3. The summed E-state index contributed by atoms with van der Waals surface area (Å²) in [6, 6.07) is 2.40. The second-order valence-corrected chi connectivity index (χ2v) is 5.23. The zero-order chi connectivity index (χ0) is 15.6. The number of likely N-dealkylation sites (tertiary alicyclic amines) is 1. The molecule has 2 rings (SSSR count). The van der Waals surface area contributed by atoms with Crippen molar-refractivity contribution in [1.29, 1.82) is 0 Å². The van der Waals surface area contributed by atoms with Crippen LogP contribution in [0.25, 0.3) is 0 Å². The van der Waals surface area contributed by atoms with Gasteiger partial charge in [0.2, 0.25) is 0 Å². The van der Waals surface area contributed by atoms with Crippen LogP contribution >= 0.6 is 0 Å². The number of carbonyl (C=O) groups excluding carboxylic acids is 1. The molecule has 0 aliphatic carbocycles. The van der Waals surface area contributed by atoms with Gasteiger partial charge >= 0.3 is 6.18 Å². The van der Waals surface area contributed by atoms with Gasteiger partial charge in [0.05, 0.1) is 12.1 Å². The summed E-state index contributed by atoms with van der Waals surface area (Å²) in [5.41, 5.74) is 4.34. The molecule has 0 atom stereocenters. The Morgan fingerprint density at radius 3 is 2.43 bits per heavy atom. The van der Waals surface area contributed by atoms with Gasteiger partial charge in [0.15, 0.2) is 5.78 Å². The molecule has 1 aromatic carbocycles. The fourth-order valence-electron chi connectivity index (χ4n) is 2.32. The quantitative estimate of drug-likeness (QED) is 0.689. The van der Waals surface area contributed by atoms with Gasteiger partial charge in [-0.3, -0.25) is 9.69 Å². The van der Waals surface area contributed by atoms with Crippen LogP contribution in [0.5, 0.6) is 0 Å². The van der Waals surface area contributed by atoms with Crippen LogP contribution in [0.15, 0.2) is 18.2 Å². The zero-order valence-corrected chi connectivity index (χ0v) is 11.3. The van der Waals surface area contributed by atoms with E-state index in [0.29, 0.717) is 25.2 Å². The molecule has 1 aliphatic rings. The van der Waals surface area contributed by atoms with Gasteiger partial charge < -0.3 is 5.73 Å². The monoisotopic (exact) mass is 304 g/mol. The molecule has 21 heavy (non-hydrogen) atoms. The smallest absolute Gasteiger partial charge is 0.328 e. The molecular formula is C14H16F4N2O. The van der Waals surface area contributed by atoms with Crippen molar-refractivity contribution in [2.24, 2.45) is 5.73 Å². The van der Waals surface area contributed by atoms with Gasteiger partial charge in [-0.1, -0.05) is 6.07 Å². The summed E-state index contributed by atoms with van der Waals surface area (Å²) < 4.78 is 50.8. The van der Waals surface area contributed by atoms with E-state index in [9.17, 15) is 22.4 Å². The Kier molecular flexibility index (Phi) is 4.63. The maximum absolute atomic E-state index is 13.4. The Morgan fingerprint density at radius 2 is 1.90 bits per heavy atom. The second kappa shape index (κ2) is 6.11. The van der Waals surface area contributed by atoms with Crippen molar-refractivity contribution < 1.29 is 22.4 Å². The van der Waals surface area contributed by atoms with E-state index < -0.39 is 23.3 Å². The van der Waals surface area contributed by atoms with Crippen LogP contribution < -0.4 is 5.73 Å². The van der Waals surface area contributed by atoms with E-state index >= 15 is 0 Å². The van der Waals surface area contributed by atoms with E-state index in [1.165, 1.54) is 0 Å². The molecule has 2 N–H and O–H groups in total. The number of halogens is 4. The fraction of sp³-hybridized carbons (Fsp3) is 0.500. The second-order valence-electron chi connectivity index (χ2n) is 5.23. The molecule has 1 fully saturated rings. The number of Topliss-reactive ketones (excluding diaryl/α,β-unsaturated/α-hetero) is 1. The normalized spacial score (nSPS) is 18.0. The molecule has 3 nitrogen and oxygen atoms in total. The topological polar surface area (TPSA) is 46.3 Å². The molecule has 0 unspecified atom stereocenters. The van der Waals surface area contributed by atoms with Crippen LogP contribution in [0.2, 0.25) is 0 Å². The highest BCUT2D eigenvalue weighted by Gasteiger charge is 2.34. The van der Waals surface area contributed by atoms with Crippen LogP contribution in [0, 0.1) is 5.82 Å². The standard InChI is InChI=1S/C14H16F4N2O/c15-12-7-9(1-2-11(12)14(16,17)18)13(21)8-20-5-3-10(19)4-6-20/h1-2,7,10H,3-6,8,19H2. The van der Waals surface area contributed by atoms with Crippen molar-refractivity contribution in [3.63, 3.8) is 0 Å². The molecule has 0 saturated carbocycles. The maximum atomic E-state index is 13.4. The highest BCUT2D eigenvalue weighted by Crippen LogP contribution is 2.31. The van der Waals surface area contributed by atoms with Gasteiger partial charge in [-0.25, -0.2) is 4.39 Å². The first kappa shape index (κ1) is 15.9. The first-order valence-corrected chi connectivity index (χ1v) is 6.65. The van der Waals surface area contributed by atoms with E-state index in [1.807, 2.05) is 4.90 Å². The summed E-state index contributed by atoms with van der Waals surface area (Å²) >= 11 is 0. The van der Waals surface area contributed by atoms with Crippen LogP contribution in [-0.2, 0) is 6.18 Å². The lowest BCUT2D eigenvalue weighted by Crippen LogP contribution is -2.41. The van der Waals surface area contributed by atoms with Crippen LogP contribution in [0.1, 0.15) is 28.8 Å². The Bertz CT molecular complexity index is 522. The number of carbonyl (C=O) groups is 1. The van der Waals surface area contributed by atoms with E-state index in [2.05, 4.69) is 0 Å². The third kappa shape index (κ3) is 4.01. The van der Waals surface area contributed by atoms with E-state index in [-0.39, 0.29) is 18.2 Å². The van der Waals surface area contributed by atoms with Crippen molar-refractivity contribution in [3.05, 3.63) is 35.1 Å². The van der Waals surface area contributed by atoms with Crippen molar-refractivity contribution in [1.82, 2.24) is 4.90 Å². The summed E-state index contributed by atoms with van der Waals surface area (Å²) in [5.74, 6) is -1.81. The molecule has 0 amide bonds. The van der Waals surface area contributed by atoms with Crippen LogP contribution in [0.3, 0.4) is 0 Å². The number of nitrogens with two attached hydrogens (primary N) is 1. The lowest BCUT2D eigenvalue weighted by atomic mass is 10.0. The largest absolute Gasteiger partial charge is 0.419 e. The minimum absolute atomic E-state index is 0.0460. The van der Waals surface area contributed by atoms with Gasteiger partial charge in [0.25, 0.3) is 0 Å². The minimum atomic E-state index is -4.76. The summed E-state index contributed by atoms with van der Waals surface area (Å²) in [5, 5.41) is 0. The summed E-state index contributed by atoms with van der Waals surface area (Å²) in [6.45, 7) is 1.39. The molecule has 7 heteroatoms. The maximum Gasteiger partial charge on any atom is 0.419 e. The molecular weight excluding hydrogens is 288 g/mol. The van der Waals surface area contributed by atoms with E-state index in [0.717, 1.165) is 18.9 Å². The Balaban J connectivity index is 2.05. The van der Waals surface area contributed by atoms with Gasteiger partial charge in [-0.2, -0.15) is 13.2 Å². The third-order valence-electron chi connectivity index (χ3n) is 3.60. The van der Waals surface area contributed by atoms with Crippen molar-refractivity contribution in [2.45, 2.75) is 25.1 Å². The number of hydrogen-bond donors (Lipinski definition) is 1. The minimum Gasteiger partial charge on any atom is -0.328 e. The molecule has 1 aromatic rings. The summed E-state index contributed by atoms with van der Waals surface area (Å²) in [7, 11) is 0. The molecule has 0 spiro atoms. The van der Waals surface area contributed by atoms with Gasteiger partial charge in [-0.05, 0) is 25.0 Å². The first-order valence-electron chi connectivity index (χ1n) is 6.65. The van der Waals surface area contributed by atoms with Gasteiger partial charge in [-0.15, -0.1) is 0 Å². The Labute approximate surface area is 119 Å². The molecule has 1 saturated heterocycles. The average molecular weight is 304 g/mol. The number of rotatable bonds is 3. The number of nitrogens with zero attached hydrogens (tertiary/aromatic N) is 1.